The van der Waals surface area contributed by atoms with Crippen molar-refractivity contribution < 1.29 is 9.50 Å². The van der Waals surface area contributed by atoms with Gasteiger partial charge in [-0.1, -0.05) is 18.6 Å². The normalized spacial score (nSPS) is 24.2. The molecule has 2 N–H and O–H groups in total. The van der Waals surface area contributed by atoms with Gasteiger partial charge in [0.15, 0.2) is 0 Å². The molecular weight excluding hydrogens is 217 g/mol. The number of rotatable bonds is 4. The van der Waals surface area contributed by atoms with Crippen LogP contribution in [0.5, 0.6) is 0 Å². The molecule has 1 aromatic rings. The lowest BCUT2D eigenvalue weighted by molar-refractivity contribution is 0.205. The fourth-order valence-corrected chi connectivity index (χ4v) is 2.52. The summed E-state index contributed by atoms with van der Waals surface area (Å²) < 4.78 is 13.4. The zero-order valence-corrected chi connectivity index (χ0v) is 10.2. The highest BCUT2D eigenvalue weighted by atomic mass is 19.1. The van der Waals surface area contributed by atoms with E-state index in [0.717, 1.165) is 18.4 Å². The molecule has 0 bridgehead atoms. The molecule has 1 aromatic carbocycles. The topological polar surface area (TPSA) is 32.3 Å². The molecular formula is C14H20FNO. The van der Waals surface area contributed by atoms with Crippen LogP contribution in [0.15, 0.2) is 18.2 Å². The molecule has 2 rings (SSSR count). The average Bonchev–Trinajstić information content (AvgIpc) is 2.78. The number of hydrogen-bond acceptors (Lipinski definition) is 2. The lowest BCUT2D eigenvalue weighted by Gasteiger charge is -2.19. The first kappa shape index (κ1) is 12.5. The second-order valence-electron chi connectivity index (χ2n) is 4.94. The number of halogens is 1. The number of aliphatic hydroxyl groups is 1. The Balaban J connectivity index is 1.91. The van der Waals surface area contributed by atoms with Crippen LogP contribution in [0.1, 0.15) is 30.4 Å². The largest absolute Gasteiger partial charge is 0.396 e. The van der Waals surface area contributed by atoms with Gasteiger partial charge in [0.25, 0.3) is 0 Å². The summed E-state index contributed by atoms with van der Waals surface area (Å²) in [6.07, 6.45) is 3.38. The van der Waals surface area contributed by atoms with Crippen molar-refractivity contribution in [1.29, 1.82) is 0 Å². The van der Waals surface area contributed by atoms with Crippen LogP contribution < -0.4 is 5.32 Å². The number of aliphatic hydroxyl groups excluding tert-OH is 1. The van der Waals surface area contributed by atoms with Crippen molar-refractivity contribution in [2.45, 2.75) is 38.8 Å². The zero-order chi connectivity index (χ0) is 12.3. The van der Waals surface area contributed by atoms with Crippen LogP contribution in [0.4, 0.5) is 4.39 Å². The Hall–Kier alpha value is -0.930. The Bertz CT molecular complexity index is 380. The van der Waals surface area contributed by atoms with E-state index < -0.39 is 0 Å². The van der Waals surface area contributed by atoms with E-state index >= 15 is 0 Å². The van der Waals surface area contributed by atoms with Gasteiger partial charge < -0.3 is 10.4 Å². The number of hydrogen-bond donors (Lipinski definition) is 2. The van der Waals surface area contributed by atoms with Crippen LogP contribution in [0.3, 0.4) is 0 Å². The Morgan fingerprint density at radius 2 is 2.24 bits per heavy atom. The molecule has 0 aromatic heterocycles. The van der Waals surface area contributed by atoms with E-state index in [1.807, 2.05) is 12.1 Å². The fourth-order valence-electron chi connectivity index (χ4n) is 2.52. The average molecular weight is 237 g/mol. The van der Waals surface area contributed by atoms with Crippen LogP contribution in [-0.2, 0) is 6.54 Å². The van der Waals surface area contributed by atoms with E-state index in [9.17, 15) is 9.50 Å². The molecule has 94 valence electrons. The third kappa shape index (κ3) is 3.05. The van der Waals surface area contributed by atoms with Crippen LogP contribution >= 0.6 is 0 Å². The van der Waals surface area contributed by atoms with Gasteiger partial charge in [0.2, 0.25) is 0 Å². The van der Waals surface area contributed by atoms with Gasteiger partial charge in [-0.2, -0.15) is 0 Å². The summed E-state index contributed by atoms with van der Waals surface area (Å²) in [4.78, 5) is 0. The van der Waals surface area contributed by atoms with Crippen molar-refractivity contribution in [1.82, 2.24) is 5.32 Å². The molecule has 2 nitrogen and oxygen atoms in total. The monoisotopic (exact) mass is 237 g/mol. The molecule has 1 saturated carbocycles. The van der Waals surface area contributed by atoms with Gasteiger partial charge in [-0.05, 0) is 42.9 Å². The van der Waals surface area contributed by atoms with Gasteiger partial charge in [-0.25, -0.2) is 4.39 Å². The predicted octanol–water partition coefficient (Wildman–Crippen LogP) is 2.38. The highest BCUT2D eigenvalue weighted by Crippen LogP contribution is 2.25. The van der Waals surface area contributed by atoms with Gasteiger partial charge in [-0.15, -0.1) is 0 Å². The van der Waals surface area contributed by atoms with Gasteiger partial charge in [-0.3, -0.25) is 0 Å². The molecule has 0 heterocycles. The molecule has 0 saturated heterocycles. The molecule has 2 unspecified atom stereocenters. The second kappa shape index (κ2) is 5.61. The molecule has 3 heteroatoms. The molecule has 0 radical (unpaired) electrons. The first-order valence-electron chi connectivity index (χ1n) is 6.30. The lowest BCUT2D eigenvalue weighted by Crippen LogP contribution is -2.33. The minimum atomic E-state index is -0.144. The van der Waals surface area contributed by atoms with E-state index in [1.54, 1.807) is 13.0 Å². The Morgan fingerprint density at radius 1 is 1.41 bits per heavy atom. The summed E-state index contributed by atoms with van der Waals surface area (Å²) >= 11 is 0. The fraction of sp³-hybridized carbons (Fsp3) is 0.571. The van der Waals surface area contributed by atoms with Crippen molar-refractivity contribution in [3.05, 3.63) is 35.1 Å². The molecule has 1 aliphatic carbocycles. The van der Waals surface area contributed by atoms with E-state index in [2.05, 4.69) is 5.32 Å². The van der Waals surface area contributed by atoms with Crippen LogP contribution in [0.2, 0.25) is 0 Å². The molecule has 2 atom stereocenters. The van der Waals surface area contributed by atoms with Gasteiger partial charge in [0, 0.05) is 19.2 Å². The Labute approximate surface area is 102 Å². The molecule has 0 aliphatic heterocycles. The zero-order valence-electron chi connectivity index (χ0n) is 10.2. The highest BCUT2D eigenvalue weighted by molar-refractivity contribution is 5.23. The minimum Gasteiger partial charge on any atom is -0.396 e. The summed E-state index contributed by atoms with van der Waals surface area (Å²) in [5, 5.41) is 12.6. The van der Waals surface area contributed by atoms with Crippen molar-refractivity contribution >= 4 is 0 Å². The Kier molecular flexibility index (Phi) is 4.13. The highest BCUT2D eigenvalue weighted by Gasteiger charge is 2.25. The number of nitrogens with one attached hydrogen (secondary N) is 1. The molecule has 1 aliphatic rings. The lowest BCUT2D eigenvalue weighted by atomic mass is 10.0. The van der Waals surface area contributed by atoms with Crippen molar-refractivity contribution in [3.8, 4) is 0 Å². The van der Waals surface area contributed by atoms with Crippen molar-refractivity contribution in [2.75, 3.05) is 6.61 Å². The van der Waals surface area contributed by atoms with Gasteiger partial charge in [0.05, 0.1) is 0 Å². The summed E-state index contributed by atoms with van der Waals surface area (Å²) in [6.45, 7) is 2.70. The van der Waals surface area contributed by atoms with E-state index in [1.165, 1.54) is 6.42 Å². The summed E-state index contributed by atoms with van der Waals surface area (Å²) in [5.74, 6) is 0.222. The summed E-state index contributed by atoms with van der Waals surface area (Å²) in [6, 6.07) is 5.73. The standard InChI is InChI=1S/C14H20FNO/c1-10-5-6-11(7-13(10)15)8-16-14-4-2-3-12(14)9-17/h5-7,12,14,16-17H,2-4,8-9H2,1H3. The van der Waals surface area contributed by atoms with Crippen LogP contribution in [0.25, 0.3) is 0 Å². The smallest absolute Gasteiger partial charge is 0.126 e. The van der Waals surface area contributed by atoms with E-state index in [4.69, 9.17) is 0 Å². The first-order valence-corrected chi connectivity index (χ1v) is 6.30. The maximum Gasteiger partial charge on any atom is 0.126 e. The third-order valence-electron chi connectivity index (χ3n) is 3.70. The third-order valence-corrected chi connectivity index (χ3v) is 3.70. The van der Waals surface area contributed by atoms with E-state index in [0.29, 0.717) is 24.1 Å². The van der Waals surface area contributed by atoms with Gasteiger partial charge >= 0.3 is 0 Å². The van der Waals surface area contributed by atoms with Crippen LogP contribution in [0, 0.1) is 18.7 Å². The summed E-state index contributed by atoms with van der Waals surface area (Å²) in [5.41, 5.74) is 1.65. The minimum absolute atomic E-state index is 0.144. The van der Waals surface area contributed by atoms with E-state index in [-0.39, 0.29) is 12.4 Å². The number of aryl methyl sites for hydroxylation is 1. The molecule has 17 heavy (non-hydrogen) atoms. The van der Waals surface area contributed by atoms with Crippen LogP contribution in [-0.4, -0.2) is 17.8 Å². The molecule has 0 amide bonds. The molecule has 1 fully saturated rings. The summed E-state index contributed by atoms with van der Waals surface area (Å²) in [7, 11) is 0. The predicted molar refractivity (Wildman–Crippen MR) is 66.2 cm³/mol. The SMILES string of the molecule is Cc1ccc(CNC2CCCC2CO)cc1F. The van der Waals surface area contributed by atoms with Crippen molar-refractivity contribution in [3.63, 3.8) is 0 Å². The number of benzene rings is 1. The quantitative estimate of drug-likeness (QED) is 0.842. The maximum atomic E-state index is 13.4. The molecule has 0 spiro atoms. The van der Waals surface area contributed by atoms with Gasteiger partial charge in [0.1, 0.15) is 5.82 Å². The Morgan fingerprint density at radius 3 is 2.94 bits per heavy atom. The second-order valence-corrected chi connectivity index (χ2v) is 4.94. The van der Waals surface area contributed by atoms with Crippen molar-refractivity contribution in [2.24, 2.45) is 5.92 Å². The maximum absolute atomic E-state index is 13.4. The first-order chi connectivity index (χ1) is 8.20.